The number of hydrogen-bond acceptors (Lipinski definition) is 3. The van der Waals surface area contributed by atoms with Crippen LogP contribution in [-0.2, 0) is 0 Å². The van der Waals surface area contributed by atoms with E-state index < -0.39 is 0 Å². The van der Waals surface area contributed by atoms with E-state index in [0.717, 1.165) is 11.1 Å². The Morgan fingerprint density at radius 2 is 1.56 bits per heavy atom. The Morgan fingerprint density at radius 3 is 2.11 bits per heavy atom. The molecule has 2 aromatic rings. The van der Waals surface area contributed by atoms with Gasteiger partial charge in [-0.3, -0.25) is 10.8 Å². The highest BCUT2D eigenvalue weighted by molar-refractivity contribution is 5.79. The summed E-state index contributed by atoms with van der Waals surface area (Å²) in [6.07, 6.45) is 1.69. The van der Waals surface area contributed by atoms with Gasteiger partial charge in [0.2, 0.25) is 0 Å². The predicted molar refractivity (Wildman–Crippen MR) is 75.2 cm³/mol. The average Bonchev–Trinajstić information content (AvgIpc) is 2.41. The molecular weight excluding hydrogens is 222 g/mol. The maximum atomic E-state index is 5.85. The van der Waals surface area contributed by atoms with Crippen molar-refractivity contribution in [1.29, 1.82) is 0 Å². The molecule has 0 bridgehead atoms. The highest BCUT2D eigenvalue weighted by Crippen LogP contribution is 2.17. The minimum atomic E-state index is -0.161. The molecule has 0 aliphatic heterocycles. The Balaban J connectivity index is 2.20. The van der Waals surface area contributed by atoms with Gasteiger partial charge in [0.05, 0.1) is 0 Å². The molecule has 0 aliphatic rings. The maximum absolute atomic E-state index is 5.85. The van der Waals surface area contributed by atoms with Crippen LogP contribution in [0.1, 0.15) is 17.3 Å². The third-order valence-corrected chi connectivity index (χ3v) is 2.65. The Labute approximate surface area is 108 Å². The first-order valence-electron chi connectivity index (χ1n) is 5.88. The van der Waals surface area contributed by atoms with Crippen LogP contribution < -0.4 is 5.84 Å². The molecule has 3 nitrogen and oxygen atoms in total. The number of nitrogens with zero attached hydrogens (tertiary/aromatic N) is 2. The van der Waals surface area contributed by atoms with E-state index in [4.69, 9.17) is 5.84 Å². The predicted octanol–water partition coefficient (Wildman–Crippen LogP) is 2.61. The fraction of sp³-hybridized carbons (Fsp3) is 0.133. The van der Waals surface area contributed by atoms with Crippen LogP contribution in [0.25, 0.3) is 0 Å². The van der Waals surface area contributed by atoms with E-state index in [9.17, 15) is 0 Å². The molecule has 0 spiro atoms. The Hall–Kier alpha value is -1.97. The van der Waals surface area contributed by atoms with Crippen molar-refractivity contribution in [3.8, 4) is 0 Å². The number of rotatable bonds is 4. The second-order valence-electron chi connectivity index (χ2n) is 4.14. The molecule has 0 saturated heterocycles. The summed E-state index contributed by atoms with van der Waals surface area (Å²) in [4.78, 5) is 4.54. The van der Waals surface area contributed by atoms with Crippen LogP contribution in [0.15, 0.2) is 65.7 Å². The highest BCUT2D eigenvalue weighted by atomic mass is 15.4. The van der Waals surface area contributed by atoms with Gasteiger partial charge in [-0.2, -0.15) is 0 Å². The third-order valence-electron chi connectivity index (χ3n) is 2.65. The lowest BCUT2D eigenvalue weighted by molar-refractivity contribution is 0.261. The molecule has 92 valence electrons. The van der Waals surface area contributed by atoms with Gasteiger partial charge < -0.3 is 0 Å². The molecule has 0 aromatic heterocycles. The van der Waals surface area contributed by atoms with Crippen molar-refractivity contribution in [2.45, 2.75) is 6.17 Å². The van der Waals surface area contributed by atoms with Crippen LogP contribution in [0.2, 0.25) is 0 Å². The molecule has 3 heteroatoms. The molecule has 0 aliphatic carbocycles. The highest BCUT2D eigenvalue weighted by Gasteiger charge is 2.11. The normalized spacial score (nSPS) is 13.1. The largest absolute Gasteiger partial charge is 0.267 e. The lowest BCUT2D eigenvalue weighted by Gasteiger charge is -2.20. The van der Waals surface area contributed by atoms with Crippen molar-refractivity contribution < 1.29 is 0 Å². The molecule has 0 fully saturated rings. The molecule has 1 unspecified atom stereocenters. The van der Waals surface area contributed by atoms with Crippen molar-refractivity contribution >= 4 is 6.21 Å². The number of benzene rings is 2. The fourth-order valence-electron chi connectivity index (χ4n) is 1.75. The lowest BCUT2D eigenvalue weighted by atomic mass is 10.1. The van der Waals surface area contributed by atoms with E-state index >= 15 is 0 Å². The molecule has 0 saturated carbocycles. The molecule has 0 heterocycles. The first kappa shape index (κ1) is 12.5. The van der Waals surface area contributed by atoms with Crippen LogP contribution in [0.4, 0.5) is 0 Å². The number of nitrogens with two attached hydrogens (primary N) is 1. The van der Waals surface area contributed by atoms with E-state index in [1.807, 2.05) is 73.9 Å². The van der Waals surface area contributed by atoms with Gasteiger partial charge in [0.15, 0.2) is 0 Å². The monoisotopic (exact) mass is 239 g/mol. The SMILES string of the molecule is CN(N)C(N=Cc1ccccc1)c1ccccc1. The van der Waals surface area contributed by atoms with Crippen molar-refractivity contribution in [1.82, 2.24) is 5.01 Å². The first-order valence-corrected chi connectivity index (χ1v) is 5.88. The van der Waals surface area contributed by atoms with Gasteiger partial charge in [0, 0.05) is 13.3 Å². The molecule has 2 rings (SSSR count). The topological polar surface area (TPSA) is 41.6 Å². The number of aliphatic imine (C=N–C) groups is 1. The second-order valence-corrected chi connectivity index (χ2v) is 4.14. The molecule has 18 heavy (non-hydrogen) atoms. The van der Waals surface area contributed by atoms with E-state index in [1.165, 1.54) is 0 Å². The second kappa shape index (κ2) is 6.10. The Kier molecular flexibility index (Phi) is 4.23. The van der Waals surface area contributed by atoms with Gasteiger partial charge in [0.25, 0.3) is 0 Å². The van der Waals surface area contributed by atoms with Crippen molar-refractivity contribution in [3.05, 3.63) is 71.8 Å². The van der Waals surface area contributed by atoms with E-state index in [-0.39, 0.29) is 6.17 Å². The average molecular weight is 239 g/mol. The van der Waals surface area contributed by atoms with E-state index in [1.54, 1.807) is 5.01 Å². The minimum Gasteiger partial charge on any atom is -0.267 e. The zero-order valence-corrected chi connectivity index (χ0v) is 10.4. The van der Waals surface area contributed by atoms with Crippen LogP contribution >= 0.6 is 0 Å². The standard InChI is InChI=1S/C15H17N3/c1-18(16)15(14-10-6-3-7-11-14)17-12-13-8-4-2-5-9-13/h2-12,15H,16H2,1H3. The summed E-state index contributed by atoms with van der Waals surface area (Å²) >= 11 is 0. The van der Waals surface area contributed by atoms with E-state index in [2.05, 4.69) is 4.99 Å². The van der Waals surface area contributed by atoms with Gasteiger partial charge in [-0.1, -0.05) is 60.7 Å². The van der Waals surface area contributed by atoms with Gasteiger partial charge in [0.1, 0.15) is 6.17 Å². The smallest absolute Gasteiger partial charge is 0.139 e. The van der Waals surface area contributed by atoms with Gasteiger partial charge in [-0.25, -0.2) is 5.01 Å². The maximum Gasteiger partial charge on any atom is 0.139 e. The summed E-state index contributed by atoms with van der Waals surface area (Å²) in [6.45, 7) is 0. The zero-order chi connectivity index (χ0) is 12.8. The Morgan fingerprint density at radius 1 is 1.00 bits per heavy atom. The van der Waals surface area contributed by atoms with Crippen LogP contribution in [0.5, 0.6) is 0 Å². The summed E-state index contributed by atoms with van der Waals surface area (Å²) in [5.74, 6) is 5.85. The lowest BCUT2D eigenvalue weighted by Crippen LogP contribution is -2.30. The molecule has 2 N–H and O–H groups in total. The summed E-state index contributed by atoms with van der Waals surface area (Å²) in [7, 11) is 1.82. The first-order chi connectivity index (χ1) is 8.77. The molecule has 0 radical (unpaired) electrons. The molecular formula is C15H17N3. The van der Waals surface area contributed by atoms with Crippen molar-refractivity contribution in [3.63, 3.8) is 0 Å². The summed E-state index contributed by atoms with van der Waals surface area (Å²) < 4.78 is 0. The van der Waals surface area contributed by atoms with Crippen molar-refractivity contribution in [2.75, 3.05) is 7.05 Å². The van der Waals surface area contributed by atoms with Crippen molar-refractivity contribution in [2.24, 2.45) is 10.8 Å². The Bertz CT molecular complexity index is 492. The van der Waals surface area contributed by atoms with Crippen LogP contribution in [-0.4, -0.2) is 18.3 Å². The number of hydrogen-bond donors (Lipinski definition) is 1. The minimum absolute atomic E-state index is 0.161. The van der Waals surface area contributed by atoms with Crippen LogP contribution in [0, 0.1) is 0 Å². The quantitative estimate of drug-likeness (QED) is 0.506. The summed E-state index contributed by atoms with van der Waals surface area (Å²) in [5.41, 5.74) is 2.15. The zero-order valence-electron chi connectivity index (χ0n) is 10.4. The van der Waals surface area contributed by atoms with Gasteiger partial charge >= 0.3 is 0 Å². The molecule has 0 amide bonds. The summed E-state index contributed by atoms with van der Waals surface area (Å²) in [6, 6.07) is 20.0. The summed E-state index contributed by atoms with van der Waals surface area (Å²) in [5, 5.41) is 1.61. The van der Waals surface area contributed by atoms with E-state index in [0.29, 0.717) is 0 Å². The third kappa shape index (κ3) is 3.26. The number of hydrazine groups is 1. The molecule has 2 aromatic carbocycles. The van der Waals surface area contributed by atoms with Gasteiger partial charge in [-0.05, 0) is 11.1 Å². The molecule has 1 atom stereocenters. The van der Waals surface area contributed by atoms with Crippen LogP contribution in [0.3, 0.4) is 0 Å². The fourth-order valence-corrected chi connectivity index (χ4v) is 1.75. The van der Waals surface area contributed by atoms with Gasteiger partial charge in [-0.15, -0.1) is 0 Å².